The molecule has 1 aliphatic rings. The third-order valence-electron chi connectivity index (χ3n) is 4.06. The number of halogens is 1. The van der Waals surface area contributed by atoms with Gasteiger partial charge in [-0.15, -0.1) is 11.3 Å². The first kappa shape index (κ1) is 16.5. The van der Waals surface area contributed by atoms with Crippen LogP contribution in [0.4, 0.5) is 0 Å². The summed E-state index contributed by atoms with van der Waals surface area (Å²) in [6.07, 6.45) is 5.31. The highest BCUT2D eigenvalue weighted by Crippen LogP contribution is 2.42. The van der Waals surface area contributed by atoms with Gasteiger partial charge in [-0.2, -0.15) is 0 Å². The van der Waals surface area contributed by atoms with E-state index in [1.807, 2.05) is 12.1 Å². The van der Waals surface area contributed by atoms with Crippen LogP contribution in [-0.4, -0.2) is 17.0 Å². The van der Waals surface area contributed by atoms with E-state index in [1.165, 1.54) is 0 Å². The second-order valence-corrected chi connectivity index (χ2v) is 8.34. The molecule has 0 radical (unpaired) electrons. The van der Waals surface area contributed by atoms with Gasteiger partial charge in [0.05, 0.1) is 16.8 Å². The lowest BCUT2D eigenvalue weighted by atomic mass is 9.69. The van der Waals surface area contributed by atoms with Gasteiger partial charge in [-0.3, -0.25) is 9.59 Å². The molecule has 0 spiro atoms. The van der Waals surface area contributed by atoms with E-state index < -0.39 is 5.97 Å². The molecule has 0 saturated heterocycles. The molecule has 2 rings (SSSR count). The van der Waals surface area contributed by atoms with Gasteiger partial charge in [0.1, 0.15) is 0 Å². The Kier molecular flexibility index (Phi) is 5.81. The summed E-state index contributed by atoms with van der Waals surface area (Å²) < 4.78 is 1.04. The molecule has 4 nitrogen and oxygen atoms in total. The molecule has 21 heavy (non-hydrogen) atoms. The zero-order valence-electron chi connectivity index (χ0n) is 11.9. The minimum absolute atomic E-state index is 0.0392. The number of hydrogen-bond donors (Lipinski definition) is 2. The summed E-state index contributed by atoms with van der Waals surface area (Å²) in [5.41, 5.74) is -0.343. The number of thiophene rings is 1. The first-order chi connectivity index (χ1) is 9.99. The minimum atomic E-state index is -0.799. The molecule has 1 aliphatic carbocycles. The lowest BCUT2D eigenvalue weighted by molar-refractivity contribution is -0.141. The van der Waals surface area contributed by atoms with Crippen LogP contribution in [0, 0.1) is 5.41 Å². The van der Waals surface area contributed by atoms with Gasteiger partial charge < -0.3 is 10.4 Å². The van der Waals surface area contributed by atoms with Gasteiger partial charge in [0.15, 0.2) is 0 Å². The molecule has 0 atom stereocenters. The number of amides is 1. The molecule has 0 unspecified atom stereocenters. The van der Waals surface area contributed by atoms with E-state index in [2.05, 4.69) is 21.2 Å². The number of carbonyl (C=O) groups is 2. The second kappa shape index (κ2) is 7.40. The maximum absolute atomic E-state index is 12.2. The molecule has 6 heteroatoms. The van der Waals surface area contributed by atoms with Crippen molar-refractivity contribution in [3.05, 3.63) is 20.8 Å². The fourth-order valence-electron chi connectivity index (χ4n) is 3.07. The molecule has 1 amide bonds. The van der Waals surface area contributed by atoms with Crippen LogP contribution in [0.5, 0.6) is 0 Å². The quantitative estimate of drug-likeness (QED) is 0.793. The zero-order chi connectivity index (χ0) is 15.3. The summed E-state index contributed by atoms with van der Waals surface area (Å²) in [5.74, 6) is -0.838. The maximum atomic E-state index is 12.2. The average Bonchev–Trinajstić information content (AvgIpc) is 2.82. The van der Waals surface area contributed by atoms with Crippen LogP contribution < -0.4 is 5.32 Å². The molecule has 1 fully saturated rings. The van der Waals surface area contributed by atoms with Crippen LogP contribution in [-0.2, 0) is 16.1 Å². The Balaban J connectivity index is 1.89. The third kappa shape index (κ3) is 5.11. The summed E-state index contributed by atoms with van der Waals surface area (Å²) in [4.78, 5) is 24.4. The van der Waals surface area contributed by atoms with Gasteiger partial charge in [-0.05, 0) is 46.3 Å². The normalized spacial score (nSPS) is 17.4. The first-order valence-electron chi connectivity index (χ1n) is 7.22. The Morgan fingerprint density at radius 3 is 2.52 bits per heavy atom. The fourth-order valence-corrected chi connectivity index (χ4v) is 4.50. The summed E-state index contributed by atoms with van der Waals surface area (Å²) in [6.45, 7) is 0.512. The Morgan fingerprint density at radius 2 is 1.95 bits per heavy atom. The Morgan fingerprint density at radius 1 is 1.24 bits per heavy atom. The molecular formula is C15H20BrNO3S. The number of aliphatic carboxylic acids is 1. The SMILES string of the molecule is O=C(O)CC1(CC(=O)NCc2ccc(Br)s2)CCCCC1. The average molecular weight is 374 g/mol. The van der Waals surface area contributed by atoms with Crippen molar-refractivity contribution in [3.63, 3.8) is 0 Å². The number of hydrogen-bond acceptors (Lipinski definition) is 3. The molecule has 1 saturated carbocycles. The predicted molar refractivity (Wildman–Crippen MR) is 86.3 cm³/mol. The highest BCUT2D eigenvalue weighted by molar-refractivity contribution is 9.11. The van der Waals surface area contributed by atoms with Crippen molar-refractivity contribution in [2.75, 3.05) is 0 Å². The van der Waals surface area contributed by atoms with Crippen LogP contribution in [0.15, 0.2) is 15.9 Å². The van der Waals surface area contributed by atoms with E-state index in [0.29, 0.717) is 13.0 Å². The Bertz CT molecular complexity index is 509. The highest BCUT2D eigenvalue weighted by Gasteiger charge is 2.36. The largest absolute Gasteiger partial charge is 0.481 e. The first-order valence-corrected chi connectivity index (χ1v) is 8.83. The topological polar surface area (TPSA) is 66.4 Å². The van der Waals surface area contributed by atoms with E-state index in [4.69, 9.17) is 5.11 Å². The lowest BCUT2D eigenvalue weighted by Crippen LogP contribution is -2.34. The lowest BCUT2D eigenvalue weighted by Gasteiger charge is -2.35. The number of rotatable bonds is 6. The van der Waals surface area contributed by atoms with Crippen molar-refractivity contribution in [1.29, 1.82) is 0 Å². The summed E-state index contributed by atoms with van der Waals surface area (Å²) in [6, 6.07) is 3.93. The van der Waals surface area contributed by atoms with Gasteiger partial charge in [-0.25, -0.2) is 0 Å². The van der Waals surface area contributed by atoms with Gasteiger partial charge >= 0.3 is 5.97 Å². The third-order valence-corrected chi connectivity index (χ3v) is 5.69. The summed E-state index contributed by atoms with van der Waals surface area (Å²) in [5, 5.41) is 12.0. The van der Waals surface area contributed by atoms with E-state index in [0.717, 1.165) is 40.8 Å². The molecule has 1 aromatic rings. The monoisotopic (exact) mass is 373 g/mol. The van der Waals surface area contributed by atoms with Crippen LogP contribution in [0.25, 0.3) is 0 Å². The smallest absolute Gasteiger partial charge is 0.303 e. The molecule has 2 N–H and O–H groups in total. The minimum Gasteiger partial charge on any atom is -0.481 e. The summed E-state index contributed by atoms with van der Waals surface area (Å²) >= 11 is 4.99. The Hall–Kier alpha value is -0.880. The van der Waals surface area contributed by atoms with E-state index in [1.54, 1.807) is 11.3 Å². The molecule has 116 valence electrons. The number of carboxylic acid groups (broad SMARTS) is 1. The molecule has 1 heterocycles. The van der Waals surface area contributed by atoms with E-state index in [-0.39, 0.29) is 17.7 Å². The van der Waals surface area contributed by atoms with Crippen molar-refractivity contribution in [3.8, 4) is 0 Å². The van der Waals surface area contributed by atoms with Crippen molar-refractivity contribution < 1.29 is 14.7 Å². The van der Waals surface area contributed by atoms with Crippen molar-refractivity contribution in [1.82, 2.24) is 5.32 Å². The number of nitrogens with one attached hydrogen (secondary N) is 1. The van der Waals surface area contributed by atoms with Crippen LogP contribution >= 0.6 is 27.3 Å². The summed E-state index contributed by atoms with van der Waals surface area (Å²) in [7, 11) is 0. The van der Waals surface area contributed by atoms with Crippen molar-refractivity contribution in [2.45, 2.75) is 51.5 Å². The number of carbonyl (C=O) groups excluding carboxylic acids is 1. The van der Waals surface area contributed by atoms with Crippen molar-refractivity contribution >= 4 is 39.1 Å². The standard InChI is InChI=1S/C15H20BrNO3S/c16-12-5-4-11(21-12)10-17-13(18)8-15(9-14(19)20)6-2-1-3-7-15/h4-5H,1-3,6-10H2,(H,17,18)(H,19,20). The molecular weight excluding hydrogens is 354 g/mol. The van der Waals surface area contributed by atoms with Gasteiger partial charge in [0.2, 0.25) is 5.91 Å². The molecule has 0 aliphatic heterocycles. The van der Waals surface area contributed by atoms with Crippen LogP contribution in [0.3, 0.4) is 0 Å². The van der Waals surface area contributed by atoms with Gasteiger partial charge in [-0.1, -0.05) is 19.3 Å². The number of carboxylic acids is 1. The molecule has 1 aromatic heterocycles. The van der Waals surface area contributed by atoms with Crippen LogP contribution in [0.1, 0.15) is 49.8 Å². The fraction of sp³-hybridized carbons (Fsp3) is 0.600. The molecule has 0 aromatic carbocycles. The van der Waals surface area contributed by atoms with E-state index in [9.17, 15) is 9.59 Å². The second-order valence-electron chi connectivity index (χ2n) is 5.79. The van der Waals surface area contributed by atoms with Crippen LogP contribution in [0.2, 0.25) is 0 Å². The predicted octanol–water partition coefficient (Wildman–Crippen LogP) is 3.94. The van der Waals surface area contributed by atoms with Gasteiger partial charge in [0, 0.05) is 11.3 Å². The zero-order valence-corrected chi connectivity index (χ0v) is 14.3. The highest BCUT2D eigenvalue weighted by atomic mass is 79.9. The molecule has 0 bridgehead atoms. The maximum Gasteiger partial charge on any atom is 0.303 e. The Labute approximate surface area is 137 Å². The van der Waals surface area contributed by atoms with Crippen molar-refractivity contribution in [2.24, 2.45) is 5.41 Å². The van der Waals surface area contributed by atoms with E-state index >= 15 is 0 Å². The van der Waals surface area contributed by atoms with Gasteiger partial charge in [0.25, 0.3) is 0 Å².